The fourth-order valence-electron chi connectivity index (χ4n) is 4.93. The van der Waals surface area contributed by atoms with Crippen molar-refractivity contribution in [3.63, 3.8) is 0 Å². The molecule has 0 saturated carbocycles. The molecule has 0 radical (unpaired) electrons. The Balaban J connectivity index is 1.78. The van der Waals surface area contributed by atoms with E-state index in [0.717, 1.165) is 50.6 Å². The van der Waals surface area contributed by atoms with Gasteiger partial charge in [0, 0.05) is 0 Å². The second kappa shape index (κ2) is 11.0. The van der Waals surface area contributed by atoms with Gasteiger partial charge in [-0.15, -0.1) is 0 Å². The maximum atomic E-state index is 6.36. The van der Waals surface area contributed by atoms with Gasteiger partial charge in [-0.25, -0.2) is 0 Å². The van der Waals surface area contributed by atoms with Crippen molar-refractivity contribution in [2.24, 2.45) is 5.92 Å². The number of benzene rings is 3. The summed E-state index contributed by atoms with van der Waals surface area (Å²) < 4.78 is 19.1. The van der Waals surface area contributed by atoms with E-state index in [4.69, 9.17) is 14.2 Å². The van der Waals surface area contributed by atoms with Gasteiger partial charge in [0.15, 0.2) is 0 Å². The molecule has 0 saturated heterocycles. The summed E-state index contributed by atoms with van der Waals surface area (Å²) in [5.41, 5.74) is 10.7. The van der Waals surface area contributed by atoms with E-state index >= 15 is 0 Å². The lowest BCUT2D eigenvalue weighted by Gasteiger charge is -2.23. The minimum atomic E-state index is 0.0697. The number of hydrogen-bond donors (Lipinski definition) is 0. The predicted octanol–water partition coefficient (Wildman–Crippen LogP) is 7.62. The highest BCUT2D eigenvalue weighted by Gasteiger charge is 2.17. The van der Waals surface area contributed by atoms with Crippen LogP contribution in [0.5, 0.6) is 17.2 Å². The number of ether oxygens (including phenoxy) is 3. The van der Waals surface area contributed by atoms with Crippen molar-refractivity contribution in [1.82, 2.24) is 0 Å². The van der Waals surface area contributed by atoms with E-state index < -0.39 is 0 Å². The van der Waals surface area contributed by atoms with Crippen LogP contribution in [0.25, 0.3) is 0 Å². The van der Waals surface area contributed by atoms with Gasteiger partial charge >= 0.3 is 0 Å². The summed E-state index contributed by atoms with van der Waals surface area (Å²) in [5.74, 6) is 2.95. The van der Waals surface area contributed by atoms with Gasteiger partial charge in [0.2, 0.25) is 0 Å². The van der Waals surface area contributed by atoms with Crippen LogP contribution in [-0.4, -0.2) is 19.8 Å². The van der Waals surface area contributed by atoms with E-state index in [9.17, 15) is 0 Å². The topological polar surface area (TPSA) is 27.7 Å². The Morgan fingerprint density at radius 3 is 0.824 bits per heavy atom. The summed E-state index contributed by atoms with van der Waals surface area (Å²) in [6, 6.07) is 13.0. The lowest BCUT2D eigenvalue weighted by atomic mass is 10.1. The Hall–Kier alpha value is -2.94. The van der Waals surface area contributed by atoms with Gasteiger partial charge < -0.3 is 14.2 Å². The second-order valence-electron chi connectivity index (χ2n) is 9.98. The highest BCUT2D eigenvalue weighted by atomic mass is 16.5. The summed E-state index contributed by atoms with van der Waals surface area (Å²) in [6.45, 7) is 20.6. The highest BCUT2D eigenvalue weighted by Crippen LogP contribution is 2.29. The van der Waals surface area contributed by atoms with Crippen molar-refractivity contribution in [2.75, 3.05) is 19.8 Å². The molecule has 0 heterocycles. The molecular formula is C31H40O3. The number of rotatable bonds is 9. The van der Waals surface area contributed by atoms with Crippen LogP contribution in [-0.2, 0) is 0 Å². The quantitative estimate of drug-likeness (QED) is 0.329. The monoisotopic (exact) mass is 460 g/mol. The Morgan fingerprint density at radius 2 is 0.618 bits per heavy atom. The van der Waals surface area contributed by atoms with E-state index in [1.165, 1.54) is 16.7 Å². The maximum absolute atomic E-state index is 6.36. The van der Waals surface area contributed by atoms with Crippen molar-refractivity contribution < 1.29 is 14.2 Å². The molecule has 0 aliphatic heterocycles. The van der Waals surface area contributed by atoms with Gasteiger partial charge in [-0.2, -0.15) is 0 Å². The van der Waals surface area contributed by atoms with Crippen molar-refractivity contribution in [1.29, 1.82) is 0 Å². The summed E-state index contributed by atoms with van der Waals surface area (Å²) in [4.78, 5) is 0. The van der Waals surface area contributed by atoms with Gasteiger partial charge in [-0.3, -0.25) is 0 Å². The Bertz CT molecular complexity index is 944. The molecule has 34 heavy (non-hydrogen) atoms. The van der Waals surface area contributed by atoms with E-state index in [0.29, 0.717) is 19.8 Å². The molecule has 0 spiro atoms. The van der Waals surface area contributed by atoms with Crippen molar-refractivity contribution in [3.05, 3.63) is 86.5 Å². The molecule has 3 heteroatoms. The zero-order valence-electron chi connectivity index (χ0n) is 22.4. The van der Waals surface area contributed by atoms with Crippen molar-refractivity contribution >= 4 is 0 Å². The van der Waals surface area contributed by atoms with Crippen LogP contribution in [0.2, 0.25) is 0 Å². The molecule has 3 nitrogen and oxygen atoms in total. The highest BCUT2D eigenvalue weighted by molar-refractivity contribution is 5.44. The van der Waals surface area contributed by atoms with Crippen molar-refractivity contribution in [2.45, 2.75) is 62.3 Å². The van der Waals surface area contributed by atoms with Crippen LogP contribution < -0.4 is 14.2 Å². The van der Waals surface area contributed by atoms with Crippen molar-refractivity contribution in [3.8, 4) is 17.2 Å². The number of hydrogen-bond acceptors (Lipinski definition) is 3. The molecule has 3 aromatic carbocycles. The molecule has 0 fully saturated rings. The maximum Gasteiger partial charge on any atom is 0.125 e. The molecule has 0 atom stereocenters. The van der Waals surface area contributed by atoms with Crippen LogP contribution in [0.4, 0.5) is 0 Å². The average molecular weight is 461 g/mol. The third-order valence-electron chi connectivity index (χ3n) is 6.20. The molecule has 0 aromatic heterocycles. The molecule has 182 valence electrons. The standard InChI is InChI=1S/C31H40O3/c1-19-10-22(4)29(23(5)11-19)32-16-28(17-33-30-24(6)12-20(2)13-25(30)7)18-34-31-26(8)14-21(3)15-27(31)9/h10-15,28H,16-18H2,1-9H3. The minimum absolute atomic E-state index is 0.0697. The first kappa shape index (κ1) is 25.7. The summed E-state index contributed by atoms with van der Waals surface area (Å²) >= 11 is 0. The Labute approximate surface area is 206 Å². The third-order valence-corrected chi connectivity index (χ3v) is 6.20. The Morgan fingerprint density at radius 1 is 0.412 bits per heavy atom. The predicted molar refractivity (Wildman–Crippen MR) is 142 cm³/mol. The van der Waals surface area contributed by atoms with Crippen LogP contribution in [0.3, 0.4) is 0 Å². The second-order valence-corrected chi connectivity index (χ2v) is 9.98. The third kappa shape index (κ3) is 6.34. The average Bonchev–Trinajstić information content (AvgIpc) is 2.70. The zero-order valence-corrected chi connectivity index (χ0v) is 22.4. The molecule has 0 bridgehead atoms. The van der Waals surface area contributed by atoms with Gasteiger partial charge in [-0.05, 0) is 95.7 Å². The Kier molecular flexibility index (Phi) is 8.30. The van der Waals surface area contributed by atoms with Gasteiger partial charge in [0.05, 0.1) is 25.7 Å². The van der Waals surface area contributed by atoms with Crippen LogP contribution >= 0.6 is 0 Å². The molecule has 0 amide bonds. The van der Waals surface area contributed by atoms with E-state index in [1.54, 1.807) is 0 Å². The first-order valence-electron chi connectivity index (χ1n) is 12.2. The van der Waals surface area contributed by atoms with Crippen LogP contribution in [0, 0.1) is 68.2 Å². The summed E-state index contributed by atoms with van der Waals surface area (Å²) in [6.07, 6.45) is 0. The van der Waals surface area contributed by atoms with Gasteiger partial charge in [0.1, 0.15) is 17.2 Å². The fourth-order valence-corrected chi connectivity index (χ4v) is 4.93. The largest absolute Gasteiger partial charge is 0.492 e. The molecular weight excluding hydrogens is 420 g/mol. The molecule has 0 aliphatic rings. The molecule has 0 unspecified atom stereocenters. The lowest BCUT2D eigenvalue weighted by Crippen LogP contribution is -2.27. The summed E-state index contributed by atoms with van der Waals surface area (Å²) in [7, 11) is 0. The number of aryl methyl sites for hydroxylation is 9. The fraction of sp³-hybridized carbons (Fsp3) is 0.419. The van der Waals surface area contributed by atoms with Gasteiger partial charge in [-0.1, -0.05) is 53.1 Å². The zero-order chi connectivity index (χ0) is 25.0. The van der Waals surface area contributed by atoms with Gasteiger partial charge in [0.25, 0.3) is 0 Å². The lowest BCUT2D eigenvalue weighted by molar-refractivity contribution is 0.124. The SMILES string of the molecule is Cc1cc(C)c(OCC(COc2c(C)cc(C)cc2C)COc2c(C)cc(C)cc2C)c(C)c1. The van der Waals surface area contributed by atoms with E-state index in [-0.39, 0.29) is 5.92 Å². The first-order chi connectivity index (χ1) is 16.0. The molecule has 0 aliphatic carbocycles. The first-order valence-corrected chi connectivity index (χ1v) is 12.2. The van der Waals surface area contributed by atoms with Crippen LogP contribution in [0.1, 0.15) is 50.1 Å². The molecule has 3 rings (SSSR count). The van der Waals surface area contributed by atoms with E-state index in [1.807, 2.05) is 0 Å². The normalized spacial score (nSPS) is 11.1. The smallest absolute Gasteiger partial charge is 0.125 e. The van der Waals surface area contributed by atoms with E-state index in [2.05, 4.69) is 98.7 Å². The molecule has 0 N–H and O–H groups in total. The summed E-state index contributed by atoms with van der Waals surface area (Å²) in [5, 5.41) is 0. The minimum Gasteiger partial charge on any atom is -0.492 e. The molecule has 3 aromatic rings. The van der Waals surface area contributed by atoms with Crippen LogP contribution in [0.15, 0.2) is 36.4 Å².